The molecule has 0 unspecified atom stereocenters. The molecular formula is C18H18O2. The number of rotatable bonds is 4. The van der Waals surface area contributed by atoms with Crippen molar-refractivity contribution in [2.24, 2.45) is 0 Å². The quantitative estimate of drug-likeness (QED) is 0.672. The van der Waals surface area contributed by atoms with E-state index in [0.717, 1.165) is 12.8 Å². The summed E-state index contributed by atoms with van der Waals surface area (Å²) in [4.78, 5) is 10.5. The molecule has 0 spiro atoms. The second kappa shape index (κ2) is 4.78. The lowest BCUT2D eigenvalue weighted by Crippen LogP contribution is -2.26. The van der Waals surface area contributed by atoms with E-state index in [1.807, 2.05) is 13.8 Å². The van der Waals surface area contributed by atoms with Crippen LogP contribution in [-0.4, -0.2) is 12.1 Å². The lowest BCUT2D eigenvalue weighted by atomic mass is 9.95. The number of carbonyl (C=O) groups excluding carboxylic acids is 1. The van der Waals surface area contributed by atoms with Crippen LogP contribution in [0, 0.1) is 0 Å². The fourth-order valence-corrected chi connectivity index (χ4v) is 2.97. The fraction of sp³-hybridized carbons (Fsp3) is 0.278. The van der Waals surface area contributed by atoms with Gasteiger partial charge in [0.1, 0.15) is 5.60 Å². The first kappa shape index (κ1) is 12.9. The largest absolute Gasteiger partial charge is 0.462 e. The molecule has 3 rings (SSSR count). The minimum Gasteiger partial charge on any atom is -0.462 e. The van der Waals surface area contributed by atoms with Crippen molar-refractivity contribution in [1.82, 2.24) is 0 Å². The number of fused-ring (bicyclic) bond motifs is 3. The third-order valence-corrected chi connectivity index (χ3v) is 3.86. The van der Waals surface area contributed by atoms with Gasteiger partial charge in [-0.25, -0.2) is 0 Å². The van der Waals surface area contributed by atoms with Gasteiger partial charge in [-0.2, -0.15) is 0 Å². The van der Waals surface area contributed by atoms with Gasteiger partial charge in [0.15, 0.2) is 0 Å². The molecule has 2 nitrogen and oxygen atoms in total. The Hall–Kier alpha value is -2.09. The SMILES string of the molecule is CC(C)(Cc1ccc2c(c1)Cc1ccccc1-2)OC=O. The van der Waals surface area contributed by atoms with Gasteiger partial charge in [-0.15, -0.1) is 0 Å². The Kier molecular flexibility index (Phi) is 3.09. The molecule has 2 aromatic rings. The molecule has 0 heterocycles. The van der Waals surface area contributed by atoms with Gasteiger partial charge >= 0.3 is 0 Å². The van der Waals surface area contributed by atoms with E-state index in [-0.39, 0.29) is 0 Å². The highest BCUT2D eigenvalue weighted by Crippen LogP contribution is 2.37. The van der Waals surface area contributed by atoms with Crippen molar-refractivity contribution >= 4 is 6.47 Å². The third-order valence-electron chi connectivity index (χ3n) is 3.86. The average molecular weight is 266 g/mol. The molecule has 0 atom stereocenters. The van der Waals surface area contributed by atoms with Crippen LogP contribution in [0.2, 0.25) is 0 Å². The van der Waals surface area contributed by atoms with Crippen LogP contribution in [0.4, 0.5) is 0 Å². The second-order valence-corrected chi connectivity index (χ2v) is 5.98. The van der Waals surface area contributed by atoms with Gasteiger partial charge in [-0.3, -0.25) is 4.79 Å². The maximum atomic E-state index is 10.5. The Morgan fingerprint density at radius 1 is 1.10 bits per heavy atom. The van der Waals surface area contributed by atoms with Crippen LogP contribution >= 0.6 is 0 Å². The molecule has 0 N–H and O–H groups in total. The molecule has 2 aromatic carbocycles. The minimum absolute atomic E-state index is 0.457. The highest BCUT2D eigenvalue weighted by Gasteiger charge is 2.22. The molecule has 0 saturated heterocycles. The number of ether oxygens (including phenoxy) is 1. The first-order valence-electron chi connectivity index (χ1n) is 6.91. The Labute approximate surface area is 119 Å². The molecule has 102 valence electrons. The molecular weight excluding hydrogens is 248 g/mol. The third kappa shape index (κ3) is 2.34. The first-order valence-corrected chi connectivity index (χ1v) is 6.91. The molecule has 0 radical (unpaired) electrons. The van der Waals surface area contributed by atoms with Crippen LogP contribution in [0.1, 0.15) is 30.5 Å². The van der Waals surface area contributed by atoms with Crippen molar-refractivity contribution in [2.45, 2.75) is 32.3 Å². The van der Waals surface area contributed by atoms with Gasteiger partial charge in [-0.05, 0) is 48.1 Å². The van der Waals surface area contributed by atoms with E-state index in [2.05, 4.69) is 42.5 Å². The zero-order chi connectivity index (χ0) is 14.2. The smallest absolute Gasteiger partial charge is 0.293 e. The highest BCUT2D eigenvalue weighted by atomic mass is 16.5. The summed E-state index contributed by atoms with van der Waals surface area (Å²) in [6, 6.07) is 15.1. The maximum absolute atomic E-state index is 10.5. The van der Waals surface area contributed by atoms with E-state index in [0.29, 0.717) is 6.47 Å². The van der Waals surface area contributed by atoms with Crippen molar-refractivity contribution in [3.8, 4) is 11.1 Å². The van der Waals surface area contributed by atoms with Crippen molar-refractivity contribution in [3.05, 3.63) is 59.2 Å². The van der Waals surface area contributed by atoms with Crippen molar-refractivity contribution in [3.63, 3.8) is 0 Å². The summed E-state index contributed by atoms with van der Waals surface area (Å²) in [7, 11) is 0. The lowest BCUT2D eigenvalue weighted by Gasteiger charge is -2.22. The van der Waals surface area contributed by atoms with Crippen LogP contribution in [0.15, 0.2) is 42.5 Å². The summed E-state index contributed by atoms with van der Waals surface area (Å²) >= 11 is 0. The van der Waals surface area contributed by atoms with E-state index >= 15 is 0 Å². The van der Waals surface area contributed by atoms with Gasteiger partial charge < -0.3 is 4.74 Å². The molecule has 0 saturated carbocycles. The predicted octanol–water partition coefficient (Wildman–Crippen LogP) is 3.75. The molecule has 1 aliphatic carbocycles. The van der Waals surface area contributed by atoms with Crippen LogP contribution < -0.4 is 0 Å². The van der Waals surface area contributed by atoms with E-state index < -0.39 is 5.60 Å². The number of hydrogen-bond donors (Lipinski definition) is 0. The number of benzene rings is 2. The predicted molar refractivity (Wildman–Crippen MR) is 79.6 cm³/mol. The van der Waals surface area contributed by atoms with Crippen LogP contribution in [0.3, 0.4) is 0 Å². The van der Waals surface area contributed by atoms with Gasteiger partial charge in [0.2, 0.25) is 0 Å². The van der Waals surface area contributed by atoms with Crippen molar-refractivity contribution in [1.29, 1.82) is 0 Å². The van der Waals surface area contributed by atoms with E-state index in [1.54, 1.807) is 0 Å². The van der Waals surface area contributed by atoms with Crippen molar-refractivity contribution in [2.75, 3.05) is 0 Å². The summed E-state index contributed by atoms with van der Waals surface area (Å²) in [6.07, 6.45) is 1.73. The van der Waals surface area contributed by atoms with Gasteiger partial charge in [0.05, 0.1) is 0 Å². The molecule has 20 heavy (non-hydrogen) atoms. The molecule has 0 aromatic heterocycles. The van der Waals surface area contributed by atoms with Gasteiger partial charge in [-0.1, -0.05) is 42.5 Å². The molecule has 1 aliphatic rings. The zero-order valence-electron chi connectivity index (χ0n) is 11.8. The topological polar surface area (TPSA) is 26.3 Å². The van der Waals surface area contributed by atoms with Crippen LogP contribution in [0.25, 0.3) is 11.1 Å². The fourth-order valence-electron chi connectivity index (χ4n) is 2.97. The minimum atomic E-state index is -0.457. The summed E-state index contributed by atoms with van der Waals surface area (Å²) in [6.45, 7) is 4.40. The Balaban J connectivity index is 1.89. The lowest BCUT2D eigenvalue weighted by molar-refractivity contribution is -0.140. The van der Waals surface area contributed by atoms with Crippen LogP contribution in [-0.2, 0) is 22.4 Å². The summed E-state index contributed by atoms with van der Waals surface area (Å²) in [5, 5.41) is 0. The Bertz CT molecular complexity index is 656. The Morgan fingerprint density at radius 2 is 1.85 bits per heavy atom. The van der Waals surface area contributed by atoms with E-state index in [4.69, 9.17) is 4.74 Å². The average Bonchev–Trinajstić information content (AvgIpc) is 2.75. The standard InChI is InChI=1S/C18H18O2/c1-18(2,20-12-19)11-13-7-8-17-15(9-13)10-14-5-3-4-6-16(14)17/h3-9,12H,10-11H2,1-2H3. The monoisotopic (exact) mass is 266 g/mol. The van der Waals surface area contributed by atoms with E-state index in [9.17, 15) is 4.79 Å². The van der Waals surface area contributed by atoms with Gasteiger partial charge in [0.25, 0.3) is 6.47 Å². The molecule has 0 amide bonds. The Morgan fingerprint density at radius 3 is 2.65 bits per heavy atom. The summed E-state index contributed by atoms with van der Waals surface area (Å²) in [5.74, 6) is 0. The number of carbonyl (C=O) groups is 1. The first-order chi connectivity index (χ1) is 9.59. The molecule has 2 heteroatoms. The molecule has 0 aliphatic heterocycles. The van der Waals surface area contributed by atoms with Gasteiger partial charge in [0, 0.05) is 6.42 Å². The normalized spacial score (nSPS) is 12.7. The summed E-state index contributed by atoms with van der Waals surface area (Å²) < 4.78 is 5.13. The second-order valence-electron chi connectivity index (χ2n) is 5.98. The maximum Gasteiger partial charge on any atom is 0.293 e. The van der Waals surface area contributed by atoms with Crippen molar-refractivity contribution < 1.29 is 9.53 Å². The molecule has 0 bridgehead atoms. The van der Waals surface area contributed by atoms with E-state index in [1.165, 1.54) is 27.8 Å². The number of hydrogen-bond acceptors (Lipinski definition) is 2. The summed E-state index contributed by atoms with van der Waals surface area (Å²) in [5.41, 5.74) is 6.19. The highest BCUT2D eigenvalue weighted by molar-refractivity contribution is 5.76. The zero-order valence-corrected chi connectivity index (χ0v) is 11.8. The molecule has 0 fully saturated rings. The van der Waals surface area contributed by atoms with Crippen LogP contribution in [0.5, 0.6) is 0 Å².